The number of nitrogens with zero attached hydrogens (tertiary/aromatic N) is 2. The van der Waals surface area contributed by atoms with Crippen LogP contribution in [0.15, 0.2) is 70.8 Å². The Morgan fingerprint density at radius 2 is 1.46 bits per heavy atom. The molecule has 144 valence electrons. The van der Waals surface area contributed by atoms with Crippen molar-refractivity contribution in [1.82, 2.24) is 10.7 Å². The third-order valence-corrected chi connectivity index (χ3v) is 4.53. The number of aliphatic imine (C=N–C) groups is 1. The minimum atomic E-state index is -0.129. The molecule has 0 fully saturated rings. The first-order valence-electron chi connectivity index (χ1n) is 8.94. The Morgan fingerprint density at radius 3 is 1.89 bits per heavy atom. The van der Waals surface area contributed by atoms with E-state index in [0.717, 1.165) is 23.4 Å². The Morgan fingerprint density at radius 1 is 0.964 bits per heavy atom. The van der Waals surface area contributed by atoms with E-state index >= 15 is 0 Å². The molecule has 0 aromatic heterocycles. The first-order valence-corrected chi connectivity index (χ1v) is 9.70. The van der Waals surface area contributed by atoms with E-state index in [9.17, 15) is 0 Å². The molecule has 1 aliphatic rings. The molecule has 4 nitrogen and oxygen atoms in total. The number of hydrogen-bond donors (Lipinski definition) is 2. The Balaban J connectivity index is 1.79. The minimum absolute atomic E-state index is 0.129. The van der Waals surface area contributed by atoms with Gasteiger partial charge in [0.25, 0.3) is 0 Å². The maximum absolute atomic E-state index is 5.95. The van der Waals surface area contributed by atoms with Crippen molar-refractivity contribution in [3.05, 3.63) is 81.9 Å². The molecule has 1 aliphatic heterocycles. The SMILES string of the molecule is CC1(C)CNC(NN=C(/C=C/c2ccc(Cl)cc2)/C=C/c2ccc(Cl)cc2)=N1. The van der Waals surface area contributed by atoms with Gasteiger partial charge in [-0.3, -0.25) is 0 Å². The highest BCUT2D eigenvalue weighted by Crippen LogP contribution is 2.13. The van der Waals surface area contributed by atoms with Crippen molar-refractivity contribution >= 4 is 47.0 Å². The molecule has 6 heteroatoms. The second-order valence-corrected chi connectivity index (χ2v) is 7.92. The molecule has 1 heterocycles. The highest BCUT2D eigenvalue weighted by molar-refractivity contribution is 6.30. The average Bonchev–Trinajstić information content (AvgIpc) is 3.02. The maximum atomic E-state index is 5.95. The van der Waals surface area contributed by atoms with E-state index in [1.807, 2.05) is 72.8 Å². The van der Waals surface area contributed by atoms with E-state index in [1.54, 1.807) is 0 Å². The van der Waals surface area contributed by atoms with Gasteiger partial charge in [0.05, 0.1) is 11.3 Å². The third-order valence-electron chi connectivity index (χ3n) is 4.03. The van der Waals surface area contributed by atoms with Crippen molar-refractivity contribution in [2.45, 2.75) is 19.4 Å². The quantitative estimate of drug-likeness (QED) is 0.509. The molecule has 0 spiro atoms. The van der Waals surface area contributed by atoms with E-state index in [-0.39, 0.29) is 5.54 Å². The van der Waals surface area contributed by atoms with Crippen LogP contribution in [0, 0.1) is 0 Å². The molecule has 3 rings (SSSR count). The van der Waals surface area contributed by atoms with Gasteiger partial charge in [0, 0.05) is 16.6 Å². The van der Waals surface area contributed by atoms with Crippen LogP contribution in [0.25, 0.3) is 12.2 Å². The number of halogens is 2. The van der Waals surface area contributed by atoms with Gasteiger partial charge in [-0.25, -0.2) is 10.4 Å². The molecule has 0 saturated carbocycles. The van der Waals surface area contributed by atoms with Crippen LogP contribution in [0.5, 0.6) is 0 Å². The van der Waals surface area contributed by atoms with Gasteiger partial charge in [0.15, 0.2) is 0 Å². The van der Waals surface area contributed by atoms with Gasteiger partial charge in [0.1, 0.15) is 0 Å². The van der Waals surface area contributed by atoms with E-state index in [4.69, 9.17) is 23.2 Å². The summed E-state index contributed by atoms with van der Waals surface area (Å²) in [6, 6.07) is 15.3. The van der Waals surface area contributed by atoms with Crippen LogP contribution in [0.4, 0.5) is 0 Å². The maximum Gasteiger partial charge on any atom is 0.212 e. The van der Waals surface area contributed by atoms with E-state index in [1.165, 1.54) is 0 Å². The van der Waals surface area contributed by atoms with Gasteiger partial charge in [-0.15, -0.1) is 0 Å². The molecular weight excluding hydrogens is 391 g/mol. The molecule has 0 bridgehead atoms. The molecule has 2 N–H and O–H groups in total. The fraction of sp³-hybridized carbons (Fsp3) is 0.182. The zero-order chi connectivity index (χ0) is 20.0. The summed E-state index contributed by atoms with van der Waals surface area (Å²) in [4.78, 5) is 4.56. The number of allylic oxidation sites excluding steroid dienone is 2. The molecule has 0 unspecified atom stereocenters. The lowest BCUT2D eigenvalue weighted by Gasteiger charge is -2.09. The van der Waals surface area contributed by atoms with Gasteiger partial charge in [-0.05, 0) is 61.4 Å². The number of guanidine groups is 1. The summed E-state index contributed by atoms with van der Waals surface area (Å²) in [5.74, 6) is 0.669. The second kappa shape index (κ2) is 9.09. The van der Waals surface area contributed by atoms with E-state index in [2.05, 4.69) is 34.7 Å². The highest BCUT2D eigenvalue weighted by atomic mass is 35.5. The normalized spacial score (nSPS) is 15.5. The standard InChI is InChI=1S/C22H22Cl2N4/c1-22(2)15-25-21(26-22)28-27-20(13-7-16-3-9-18(23)10-4-16)14-8-17-5-11-19(24)12-6-17/h3-14H,15H2,1-2H3,(H2,25,26,28)/b13-7+,14-8+. The Labute approximate surface area is 175 Å². The van der Waals surface area contributed by atoms with Crippen molar-refractivity contribution in [3.63, 3.8) is 0 Å². The summed E-state index contributed by atoms with van der Waals surface area (Å²) in [5, 5.41) is 9.12. The van der Waals surface area contributed by atoms with Crippen LogP contribution < -0.4 is 10.7 Å². The summed E-state index contributed by atoms with van der Waals surface area (Å²) in [6.07, 6.45) is 7.83. The molecule has 28 heavy (non-hydrogen) atoms. The highest BCUT2D eigenvalue weighted by Gasteiger charge is 2.23. The summed E-state index contributed by atoms with van der Waals surface area (Å²) in [6.45, 7) is 4.92. The van der Waals surface area contributed by atoms with Crippen molar-refractivity contribution < 1.29 is 0 Å². The van der Waals surface area contributed by atoms with Gasteiger partial charge < -0.3 is 5.32 Å². The number of rotatable bonds is 5. The topological polar surface area (TPSA) is 48.8 Å². The molecule has 0 saturated heterocycles. The van der Waals surface area contributed by atoms with Crippen LogP contribution in [-0.4, -0.2) is 23.8 Å². The molecule has 2 aromatic carbocycles. The first kappa shape index (κ1) is 20.2. The fourth-order valence-electron chi connectivity index (χ4n) is 2.50. The summed E-state index contributed by atoms with van der Waals surface area (Å²) in [7, 11) is 0. The van der Waals surface area contributed by atoms with Crippen LogP contribution >= 0.6 is 23.2 Å². The zero-order valence-corrected chi connectivity index (χ0v) is 17.3. The lowest BCUT2D eigenvalue weighted by molar-refractivity contribution is 0.549. The minimum Gasteiger partial charge on any atom is -0.353 e. The van der Waals surface area contributed by atoms with Gasteiger partial charge >= 0.3 is 0 Å². The molecular formula is C22H22Cl2N4. The number of benzene rings is 2. The Kier molecular flexibility index (Phi) is 6.55. The zero-order valence-electron chi connectivity index (χ0n) is 15.8. The molecule has 0 aliphatic carbocycles. The Hall–Kier alpha value is -2.56. The van der Waals surface area contributed by atoms with Crippen LogP contribution in [0.3, 0.4) is 0 Å². The van der Waals surface area contributed by atoms with Crippen molar-refractivity contribution in [3.8, 4) is 0 Å². The predicted molar refractivity (Wildman–Crippen MR) is 121 cm³/mol. The average molecular weight is 413 g/mol. The van der Waals surface area contributed by atoms with Crippen LogP contribution in [0.2, 0.25) is 10.0 Å². The summed E-state index contributed by atoms with van der Waals surface area (Å²) >= 11 is 11.9. The van der Waals surface area contributed by atoms with Crippen molar-refractivity contribution in [1.29, 1.82) is 0 Å². The largest absolute Gasteiger partial charge is 0.353 e. The van der Waals surface area contributed by atoms with Gasteiger partial charge in [0.2, 0.25) is 5.96 Å². The lowest BCUT2D eigenvalue weighted by Crippen LogP contribution is -2.32. The van der Waals surface area contributed by atoms with Crippen LogP contribution in [-0.2, 0) is 0 Å². The van der Waals surface area contributed by atoms with Crippen LogP contribution in [0.1, 0.15) is 25.0 Å². The number of hydrogen-bond acceptors (Lipinski definition) is 4. The third kappa shape index (κ3) is 6.25. The smallest absolute Gasteiger partial charge is 0.212 e. The number of nitrogens with one attached hydrogen (secondary N) is 2. The predicted octanol–water partition coefficient (Wildman–Crippen LogP) is 5.40. The Bertz CT molecular complexity index is 867. The van der Waals surface area contributed by atoms with Gasteiger partial charge in [-0.2, -0.15) is 5.10 Å². The second-order valence-electron chi connectivity index (χ2n) is 7.04. The molecule has 0 amide bonds. The van der Waals surface area contributed by atoms with Gasteiger partial charge in [-0.1, -0.05) is 59.6 Å². The molecule has 0 atom stereocenters. The monoisotopic (exact) mass is 412 g/mol. The summed E-state index contributed by atoms with van der Waals surface area (Å²) in [5.41, 5.74) is 5.70. The lowest BCUT2D eigenvalue weighted by atomic mass is 10.1. The summed E-state index contributed by atoms with van der Waals surface area (Å²) < 4.78 is 0. The fourth-order valence-corrected chi connectivity index (χ4v) is 2.76. The van der Waals surface area contributed by atoms with Crippen molar-refractivity contribution in [2.75, 3.05) is 6.54 Å². The molecule has 2 aromatic rings. The number of hydrazone groups is 1. The van der Waals surface area contributed by atoms with E-state index in [0.29, 0.717) is 16.0 Å². The van der Waals surface area contributed by atoms with Crippen molar-refractivity contribution in [2.24, 2.45) is 10.1 Å². The van der Waals surface area contributed by atoms with E-state index < -0.39 is 0 Å². The first-order chi connectivity index (χ1) is 13.4. The molecule has 0 radical (unpaired) electrons.